The molecule has 2 aromatic rings. The first-order valence-corrected chi connectivity index (χ1v) is 8.35. The standard InChI is InChI=1S/C19H24N2O3/c1-12-6-5-7-14-15(12)10-16(20-17(14)22)13-8-9-21(11-13)18(23)24-19(2,3)4/h5-7,10,13H,8-9,11H2,1-4H3,(H,20,22). The third-order valence-electron chi connectivity index (χ3n) is 4.41. The van der Waals surface area contributed by atoms with Crippen LogP contribution in [0.1, 0.15) is 44.4 Å². The smallest absolute Gasteiger partial charge is 0.410 e. The van der Waals surface area contributed by atoms with Crippen molar-refractivity contribution in [2.75, 3.05) is 13.1 Å². The number of benzene rings is 1. The van der Waals surface area contributed by atoms with Gasteiger partial charge in [-0.15, -0.1) is 0 Å². The van der Waals surface area contributed by atoms with E-state index in [1.165, 1.54) is 0 Å². The summed E-state index contributed by atoms with van der Waals surface area (Å²) in [7, 11) is 0. The van der Waals surface area contributed by atoms with Gasteiger partial charge in [0.05, 0.1) is 0 Å². The molecule has 5 heteroatoms. The Hall–Kier alpha value is -2.30. The van der Waals surface area contributed by atoms with Crippen molar-refractivity contribution in [3.63, 3.8) is 0 Å². The van der Waals surface area contributed by atoms with E-state index in [-0.39, 0.29) is 17.6 Å². The molecule has 0 saturated carbocycles. The minimum Gasteiger partial charge on any atom is -0.444 e. The fourth-order valence-corrected chi connectivity index (χ4v) is 3.19. The van der Waals surface area contributed by atoms with Gasteiger partial charge in [0.2, 0.25) is 0 Å². The highest BCUT2D eigenvalue weighted by atomic mass is 16.6. The minimum atomic E-state index is -0.496. The van der Waals surface area contributed by atoms with E-state index in [2.05, 4.69) is 11.1 Å². The second-order valence-electron chi connectivity index (χ2n) is 7.50. The Morgan fingerprint density at radius 1 is 1.29 bits per heavy atom. The largest absolute Gasteiger partial charge is 0.444 e. The summed E-state index contributed by atoms with van der Waals surface area (Å²) in [5.74, 6) is 0.134. The second-order valence-corrected chi connectivity index (χ2v) is 7.50. The average Bonchev–Trinajstić information content (AvgIpc) is 2.96. The topological polar surface area (TPSA) is 62.4 Å². The Morgan fingerprint density at radius 2 is 2.04 bits per heavy atom. The van der Waals surface area contributed by atoms with Crippen molar-refractivity contribution in [2.24, 2.45) is 0 Å². The molecule has 2 heterocycles. The molecule has 1 aromatic carbocycles. The molecule has 1 aliphatic rings. The molecule has 3 rings (SSSR count). The zero-order chi connectivity index (χ0) is 17.5. The first-order valence-electron chi connectivity index (χ1n) is 8.35. The Balaban J connectivity index is 1.84. The summed E-state index contributed by atoms with van der Waals surface area (Å²) >= 11 is 0. The normalized spacial score (nSPS) is 18.2. The van der Waals surface area contributed by atoms with Crippen molar-refractivity contribution in [3.05, 3.63) is 45.9 Å². The van der Waals surface area contributed by atoms with Crippen LogP contribution in [-0.4, -0.2) is 34.7 Å². The number of fused-ring (bicyclic) bond motifs is 1. The predicted molar refractivity (Wildman–Crippen MR) is 94.5 cm³/mol. The van der Waals surface area contributed by atoms with Gasteiger partial charge in [0, 0.05) is 30.1 Å². The van der Waals surface area contributed by atoms with Gasteiger partial charge in [-0.25, -0.2) is 4.79 Å². The molecular weight excluding hydrogens is 304 g/mol. The lowest BCUT2D eigenvalue weighted by Gasteiger charge is -2.24. The molecule has 1 fully saturated rings. The molecule has 1 aromatic heterocycles. The van der Waals surface area contributed by atoms with Gasteiger partial charge in [-0.3, -0.25) is 4.79 Å². The van der Waals surface area contributed by atoms with Gasteiger partial charge < -0.3 is 14.6 Å². The highest BCUT2D eigenvalue weighted by Crippen LogP contribution is 2.28. The molecule has 0 spiro atoms. The number of H-pyrrole nitrogens is 1. The molecule has 1 aliphatic heterocycles. The van der Waals surface area contributed by atoms with Gasteiger partial charge in [-0.1, -0.05) is 12.1 Å². The van der Waals surface area contributed by atoms with Crippen molar-refractivity contribution in [1.82, 2.24) is 9.88 Å². The van der Waals surface area contributed by atoms with Crippen LogP contribution in [0.5, 0.6) is 0 Å². The number of amides is 1. The number of likely N-dealkylation sites (tertiary alicyclic amines) is 1. The SMILES string of the molecule is Cc1cccc2c(=O)[nH]c(C3CCN(C(=O)OC(C)(C)C)C3)cc12. The lowest BCUT2D eigenvalue weighted by Crippen LogP contribution is -2.35. The van der Waals surface area contributed by atoms with Crippen LogP contribution in [0.3, 0.4) is 0 Å². The van der Waals surface area contributed by atoms with Crippen molar-refractivity contribution < 1.29 is 9.53 Å². The number of ether oxygens (including phenoxy) is 1. The Morgan fingerprint density at radius 3 is 2.75 bits per heavy atom. The third kappa shape index (κ3) is 3.30. The first-order chi connectivity index (χ1) is 11.2. The van der Waals surface area contributed by atoms with Crippen LogP contribution in [-0.2, 0) is 4.74 Å². The lowest BCUT2D eigenvalue weighted by molar-refractivity contribution is 0.0292. The molecule has 1 atom stereocenters. The third-order valence-corrected chi connectivity index (χ3v) is 4.41. The monoisotopic (exact) mass is 328 g/mol. The van der Waals surface area contributed by atoms with Gasteiger partial charge in [0.15, 0.2) is 0 Å². The number of aryl methyl sites for hydroxylation is 1. The van der Waals surface area contributed by atoms with Crippen LogP contribution in [0.2, 0.25) is 0 Å². The van der Waals surface area contributed by atoms with Crippen LogP contribution < -0.4 is 5.56 Å². The predicted octanol–water partition coefficient (Wildman–Crippen LogP) is 3.56. The Kier molecular flexibility index (Phi) is 4.11. The van der Waals surface area contributed by atoms with Gasteiger partial charge in [-0.2, -0.15) is 0 Å². The summed E-state index contributed by atoms with van der Waals surface area (Å²) in [6.07, 6.45) is 0.538. The summed E-state index contributed by atoms with van der Waals surface area (Å²) in [4.78, 5) is 29.3. The fourth-order valence-electron chi connectivity index (χ4n) is 3.19. The van der Waals surface area contributed by atoms with E-state index in [4.69, 9.17) is 4.74 Å². The van der Waals surface area contributed by atoms with Crippen LogP contribution in [0.15, 0.2) is 29.1 Å². The number of hydrogen-bond acceptors (Lipinski definition) is 3. The number of nitrogens with one attached hydrogen (secondary N) is 1. The molecular formula is C19H24N2O3. The molecule has 1 N–H and O–H groups in total. The molecule has 0 aliphatic carbocycles. The molecule has 128 valence electrons. The van der Waals surface area contributed by atoms with Crippen molar-refractivity contribution in [2.45, 2.75) is 45.6 Å². The van der Waals surface area contributed by atoms with E-state index < -0.39 is 5.60 Å². The van der Waals surface area contributed by atoms with E-state index >= 15 is 0 Å². The van der Waals surface area contributed by atoms with E-state index in [1.54, 1.807) is 4.90 Å². The van der Waals surface area contributed by atoms with E-state index in [1.807, 2.05) is 45.9 Å². The summed E-state index contributed by atoms with van der Waals surface area (Å²) in [6, 6.07) is 7.79. The number of aromatic nitrogens is 1. The number of hydrogen-bond donors (Lipinski definition) is 1. The van der Waals surface area contributed by atoms with Crippen LogP contribution >= 0.6 is 0 Å². The molecule has 5 nitrogen and oxygen atoms in total. The second kappa shape index (κ2) is 5.96. The molecule has 0 bridgehead atoms. The van der Waals surface area contributed by atoms with E-state index in [0.717, 1.165) is 23.1 Å². The van der Waals surface area contributed by atoms with Gasteiger partial charge in [-0.05, 0) is 57.2 Å². The quantitative estimate of drug-likeness (QED) is 0.870. The van der Waals surface area contributed by atoms with Crippen LogP contribution in [0.25, 0.3) is 10.8 Å². The number of carbonyl (C=O) groups excluding carboxylic acids is 1. The Bertz CT molecular complexity index is 833. The van der Waals surface area contributed by atoms with Crippen LogP contribution in [0.4, 0.5) is 4.79 Å². The molecule has 0 radical (unpaired) electrons. The number of aromatic amines is 1. The summed E-state index contributed by atoms with van der Waals surface area (Å²) in [5, 5.41) is 1.69. The zero-order valence-corrected chi connectivity index (χ0v) is 14.7. The molecule has 24 heavy (non-hydrogen) atoms. The maximum Gasteiger partial charge on any atom is 0.410 e. The number of carbonyl (C=O) groups is 1. The van der Waals surface area contributed by atoms with Gasteiger partial charge in [0.1, 0.15) is 5.60 Å². The zero-order valence-electron chi connectivity index (χ0n) is 14.7. The van der Waals surface area contributed by atoms with E-state index in [0.29, 0.717) is 18.5 Å². The number of rotatable bonds is 1. The fraction of sp³-hybridized carbons (Fsp3) is 0.474. The number of nitrogens with zero attached hydrogens (tertiary/aromatic N) is 1. The number of pyridine rings is 1. The minimum absolute atomic E-state index is 0.0677. The van der Waals surface area contributed by atoms with Crippen LogP contribution in [0, 0.1) is 6.92 Å². The van der Waals surface area contributed by atoms with Gasteiger partial charge >= 0.3 is 6.09 Å². The van der Waals surface area contributed by atoms with Crippen molar-refractivity contribution in [3.8, 4) is 0 Å². The average molecular weight is 328 g/mol. The summed E-state index contributed by atoms with van der Waals surface area (Å²) < 4.78 is 5.43. The summed E-state index contributed by atoms with van der Waals surface area (Å²) in [6.45, 7) is 8.81. The molecule has 1 amide bonds. The Labute approximate surface area is 141 Å². The molecule has 1 saturated heterocycles. The van der Waals surface area contributed by atoms with Crippen molar-refractivity contribution in [1.29, 1.82) is 0 Å². The van der Waals surface area contributed by atoms with Gasteiger partial charge in [0.25, 0.3) is 5.56 Å². The van der Waals surface area contributed by atoms with Crippen molar-refractivity contribution >= 4 is 16.9 Å². The maximum atomic E-state index is 12.4. The summed E-state index contributed by atoms with van der Waals surface area (Å²) in [5.41, 5.74) is 1.42. The first kappa shape index (κ1) is 16.6. The highest BCUT2D eigenvalue weighted by Gasteiger charge is 2.31. The highest BCUT2D eigenvalue weighted by molar-refractivity contribution is 5.85. The molecule has 1 unspecified atom stereocenters. The lowest BCUT2D eigenvalue weighted by atomic mass is 10.00. The van der Waals surface area contributed by atoms with E-state index in [9.17, 15) is 9.59 Å². The maximum absolute atomic E-state index is 12.4.